The standard InChI is InChI=1S/C17H20N2O3S/c1-12(20)18-15-8-9-16(14-7-4-3-6-13(14)15)23(21,22)19-17(2)10-5-11-17/h3-4,6-9,19H,5,10-11H2,1-2H3,(H,18,20). The van der Waals surface area contributed by atoms with Crippen molar-refractivity contribution in [2.45, 2.75) is 43.5 Å². The predicted octanol–water partition coefficient (Wildman–Crippen LogP) is 3.02. The van der Waals surface area contributed by atoms with Gasteiger partial charge in [0.1, 0.15) is 0 Å². The van der Waals surface area contributed by atoms with E-state index >= 15 is 0 Å². The van der Waals surface area contributed by atoms with Gasteiger partial charge in [-0.3, -0.25) is 4.79 Å². The molecular formula is C17H20N2O3S. The first-order valence-electron chi connectivity index (χ1n) is 7.64. The minimum atomic E-state index is -3.61. The number of hydrogen-bond donors (Lipinski definition) is 2. The van der Waals surface area contributed by atoms with Crippen LogP contribution in [0.2, 0.25) is 0 Å². The van der Waals surface area contributed by atoms with Crippen LogP contribution in [-0.2, 0) is 14.8 Å². The van der Waals surface area contributed by atoms with Crippen molar-refractivity contribution in [3.05, 3.63) is 36.4 Å². The number of carbonyl (C=O) groups is 1. The second-order valence-corrected chi connectivity index (χ2v) is 8.01. The molecule has 1 amide bonds. The van der Waals surface area contributed by atoms with Gasteiger partial charge in [-0.2, -0.15) is 0 Å². The Balaban J connectivity index is 2.10. The zero-order valence-corrected chi connectivity index (χ0v) is 14.0. The lowest BCUT2D eigenvalue weighted by atomic mass is 9.80. The van der Waals surface area contributed by atoms with Gasteiger partial charge in [-0.05, 0) is 38.3 Å². The average Bonchev–Trinajstić information content (AvgIpc) is 2.45. The van der Waals surface area contributed by atoms with Gasteiger partial charge in [0.05, 0.1) is 4.90 Å². The quantitative estimate of drug-likeness (QED) is 0.903. The molecule has 2 aromatic rings. The highest BCUT2D eigenvalue weighted by Gasteiger charge is 2.36. The second kappa shape index (κ2) is 5.62. The van der Waals surface area contributed by atoms with E-state index in [1.165, 1.54) is 6.92 Å². The van der Waals surface area contributed by atoms with Gasteiger partial charge >= 0.3 is 0 Å². The van der Waals surface area contributed by atoms with Crippen LogP contribution in [0, 0.1) is 0 Å². The number of benzene rings is 2. The van der Waals surface area contributed by atoms with Gasteiger partial charge in [-0.25, -0.2) is 13.1 Å². The summed E-state index contributed by atoms with van der Waals surface area (Å²) in [7, 11) is -3.61. The fourth-order valence-electron chi connectivity index (χ4n) is 2.99. The van der Waals surface area contributed by atoms with Crippen LogP contribution in [0.5, 0.6) is 0 Å². The maximum atomic E-state index is 12.8. The number of amides is 1. The molecule has 5 nitrogen and oxygen atoms in total. The van der Waals surface area contributed by atoms with E-state index in [2.05, 4.69) is 10.0 Å². The Morgan fingerprint density at radius 3 is 2.30 bits per heavy atom. The topological polar surface area (TPSA) is 75.3 Å². The van der Waals surface area contributed by atoms with Crippen molar-refractivity contribution >= 4 is 32.4 Å². The lowest BCUT2D eigenvalue weighted by molar-refractivity contribution is -0.114. The SMILES string of the molecule is CC(=O)Nc1ccc(S(=O)(=O)NC2(C)CCC2)c2ccccc12. The number of sulfonamides is 1. The van der Waals surface area contributed by atoms with Crippen LogP contribution in [0.15, 0.2) is 41.3 Å². The molecule has 122 valence electrons. The Morgan fingerprint density at radius 1 is 1.09 bits per heavy atom. The molecule has 1 saturated carbocycles. The molecule has 2 N–H and O–H groups in total. The summed E-state index contributed by atoms with van der Waals surface area (Å²) in [6.45, 7) is 3.36. The number of anilines is 1. The Kier molecular flexibility index (Phi) is 3.90. The number of nitrogens with one attached hydrogen (secondary N) is 2. The summed E-state index contributed by atoms with van der Waals surface area (Å²) in [5.74, 6) is -0.189. The lowest BCUT2D eigenvalue weighted by Gasteiger charge is -2.38. The van der Waals surface area contributed by atoms with Crippen LogP contribution in [-0.4, -0.2) is 19.9 Å². The molecule has 23 heavy (non-hydrogen) atoms. The van der Waals surface area contributed by atoms with Gasteiger partial charge in [-0.15, -0.1) is 0 Å². The van der Waals surface area contributed by atoms with Crippen molar-refractivity contribution in [2.75, 3.05) is 5.32 Å². The smallest absolute Gasteiger partial charge is 0.241 e. The first-order valence-corrected chi connectivity index (χ1v) is 9.12. The Hall–Kier alpha value is -1.92. The second-order valence-electron chi connectivity index (χ2n) is 6.36. The molecule has 0 heterocycles. The minimum Gasteiger partial charge on any atom is -0.326 e. The summed E-state index contributed by atoms with van der Waals surface area (Å²) in [6, 6.07) is 10.4. The van der Waals surface area contributed by atoms with Gasteiger partial charge in [0, 0.05) is 28.9 Å². The molecule has 0 spiro atoms. The van der Waals surface area contributed by atoms with Crippen molar-refractivity contribution in [1.82, 2.24) is 4.72 Å². The van der Waals surface area contributed by atoms with Crippen LogP contribution in [0.25, 0.3) is 10.8 Å². The van der Waals surface area contributed by atoms with Crippen molar-refractivity contribution in [2.24, 2.45) is 0 Å². The van der Waals surface area contributed by atoms with E-state index in [1.807, 2.05) is 19.1 Å². The van der Waals surface area contributed by atoms with E-state index in [0.717, 1.165) is 19.3 Å². The Bertz CT molecular complexity index is 871. The maximum absolute atomic E-state index is 12.8. The molecule has 1 fully saturated rings. The first-order chi connectivity index (χ1) is 10.8. The average molecular weight is 332 g/mol. The molecule has 2 aromatic carbocycles. The van der Waals surface area contributed by atoms with E-state index in [9.17, 15) is 13.2 Å². The summed E-state index contributed by atoms with van der Waals surface area (Å²) in [4.78, 5) is 11.6. The zero-order valence-electron chi connectivity index (χ0n) is 13.2. The third kappa shape index (κ3) is 3.09. The number of fused-ring (bicyclic) bond motifs is 1. The molecule has 1 aliphatic carbocycles. The van der Waals surface area contributed by atoms with Gasteiger partial charge in [0.2, 0.25) is 15.9 Å². The van der Waals surface area contributed by atoms with E-state index in [-0.39, 0.29) is 16.3 Å². The Morgan fingerprint density at radius 2 is 1.74 bits per heavy atom. The molecule has 0 bridgehead atoms. The van der Waals surface area contributed by atoms with Crippen molar-refractivity contribution in [3.63, 3.8) is 0 Å². The molecule has 6 heteroatoms. The van der Waals surface area contributed by atoms with Crippen molar-refractivity contribution in [3.8, 4) is 0 Å². The lowest BCUT2D eigenvalue weighted by Crippen LogP contribution is -2.50. The highest BCUT2D eigenvalue weighted by molar-refractivity contribution is 7.89. The summed E-state index contributed by atoms with van der Waals surface area (Å²) in [5, 5.41) is 4.06. The van der Waals surface area contributed by atoms with Gasteiger partial charge in [0.15, 0.2) is 0 Å². The predicted molar refractivity (Wildman–Crippen MR) is 90.8 cm³/mol. The number of rotatable bonds is 4. The van der Waals surface area contributed by atoms with Crippen molar-refractivity contribution < 1.29 is 13.2 Å². The third-order valence-corrected chi connectivity index (χ3v) is 6.02. The van der Waals surface area contributed by atoms with Gasteiger partial charge < -0.3 is 5.32 Å². The molecular weight excluding hydrogens is 312 g/mol. The monoisotopic (exact) mass is 332 g/mol. The molecule has 0 atom stereocenters. The maximum Gasteiger partial charge on any atom is 0.241 e. The van der Waals surface area contributed by atoms with E-state index in [4.69, 9.17) is 0 Å². The normalized spacial score (nSPS) is 16.8. The zero-order chi connectivity index (χ0) is 16.7. The van der Waals surface area contributed by atoms with E-state index in [0.29, 0.717) is 16.5 Å². The van der Waals surface area contributed by atoms with Crippen LogP contribution < -0.4 is 10.0 Å². The van der Waals surface area contributed by atoms with Crippen LogP contribution in [0.1, 0.15) is 33.1 Å². The van der Waals surface area contributed by atoms with E-state index < -0.39 is 10.0 Å². The number of hydrogen-bond acceptors (Lipinski definition) is 3. The Labute approximate surface area is 136 Å². The van der Waals surface area contributed by atoms with Crippen LogP contribution in [0.4, 0.5) is 5.69 Å². The molecule has 0 aromatic heterocycles. The summed E-state index contributed by atoms with van der Waals surface area (Å²) in [6.07, 6.45) is 2.75. The van der Waals surface area contributed by atoms with Crippen LogP contribution >= 0.6 is 0 Å². The van der Waals surface area contributed by atoms with Crippen LogP contribution in [0.3, 0.4) is 0 Å². The largest absolute Gasteiger partial charge is 0.326 e. The van der Waals surface area contributed by atoms with Gasteiger partial charge in [0.25, 0.3) is 0 Å². The molecule has 0 saturated heterocycles. The van der Waals surface area contributed by atoms with Gasteiger partial charge in [-0.1, -0.05) is 24.3 Å². The summed E-state index contributed by atoms with van der Waals surface area (Å²) < 4.78 is 28.4. The number of carbonyl (C=O) groups excluding carboxylic acids is 1. The fourth-order valence-corrected chi connectivity index (χ4v) is 4.67. The highest BCUT2D eigenvalue weighted by Crippen LogP contribution is 2.35. The fraction of sp³-hybridized carbons (Fsp3) is 0.353. The highest BCUT2D eigenvalue weighted by atomic mass is 32.2. The molecule has 0 unspecified atom stereocenters. The van der Waals surface area contributed by atoms with E-state index in [1.54, 1.807) is 24.3 Å². The summed E-state index contributed by atoms with van der Waals surface area (Å²) >= 11 is 0. The summed E-state index contributed by atoms with van der Waals surface area (Å²) in [5.41, 5.74) is 0.262. The first kappa shape index (κ1) is 16.0. The van der Waals surface area contributed by atoms with Crippen molar-refractivity contribution in [1.29, 1.82) is 0 Å². The molecule has 0 radical (unpaired) electrons. The minimum absolute atomic E-state index is 0.189. The third-order valence-electron chi connectivity index (χ3n) is 4.32. The molecule has 0 aliphatic heterocycles. The molecule has 3 rings (SSSR count). The molecule has 1 aliphatic rings.